The van der Waals surface area contributed by atoms with E-state index in [4.69, 9.17) is 16.7 Å². The summed E-state index contributed by atoms with van der Waals surface area (Å²) < 4.78 is 1.56. The molecule has 12 heavy (non-hydrogen) atoms. The quantitative estimate of drug-likeness (QED) is 0.717. The maximum absolute atomic E-state index is 10.4. The number of carboxylic acids is 1. The van der Waals surface area contributed by atoms with Gasteiger partial charge in [0.05, 0.1) is 6.54 Å². The highest BCUT2D eigenvalue weighted by Gasteiger charge is 2.14. The fraction of sp³-hybridized carbons (Fsp3) is 0.429. The largest absolute Gasteiger partial charge is 0.480 e. The Hall–Kier alpha value is -1.03. The van der Waals surface area contributed by atoms with Crippen LogP contribution in [0.2, 0.25) is 0 Å². The van der Waals surface area contributed by atoms with Crippen LogP contribution in [-0.4, -0.2) is 26.2 Å². The van der Waals surface area contributed by atoms with Gasteiger partial charge in [-0.2, -0.15) is 5.10 Å². The van der Waals surface area contributed by atoms with Crippen LogP contribution in [0.1, 0.15) is 5.69 Å². The van der Waals surface area contributed by atoms with Crippen molar-refractivity contribution in [3.05, 3.63) is 18.0 Å². The van der Waals surface area contributed by atoms with E-state index < -0.39 is 11.3 Å². The summed E-state index contributed by atoms with van der Waals surface area (Å²) in [5.41, 5.74) is 0.905. The number of aryl methyl sites for hydroxylation is 1. The first-order chi connectivity index (χ1) is 5.61. The fourth-order valence-corrected chi connectivity index (χ4v) is 0.951. The summed E-state index contributed by atoms with van der Waals surface area (Å²) in [4.78, 5) is 10.4. The number of halogens is 1. The molecule has 1 N–H and O–H groups in total. The molecule has 0 aliphatic rings. The van der Waals surface area contributed by atoms with Crippen LogP contribution in [0, 0.1) is 6.92 Å². The lowest BCUT2D eigenvalue weighted by Crippen LogP contribution is -2.21. The second-order valence-electron chi connectivity index (χ2n) is 2.46. The van der Waals surface area contributed by atoms with E-state index in [1.165, 1.54) is 0 Å². The highest BCUT2D eigenvalue weighted by molar-refractivity contribution is 6.29. The predicted octanol–water partition coefficient (Wildman–Crippen LogP) is 0.884. The summed E-state index contributed by atoms with van der Waals surface area (Å²) in [6.45, 7) is 2.05. The topological polar surface area (TPSA) is 55.1 Å². The molecule has 5 heteroatoms. The Bertz CT molecular complexity index is 285. The average Bonchev–Trinajstić information content (AvgIpc) is 2.36. The van der Waals surface area contributed by atoms with Crippen LogP contribution < -0.4 is 0 Å². The molecular formula is C7H9ClN2O2. The first-order valence-electron chi connectivity index (χ1n) is 3.46. The molecule has 4 nitrogen and oxygen atoms in total. The van der Waals surface area contributed by atoms with Crippen molar-refractivity contribution in [2.45, 2.75) is 18.8 Å². The van der Waals surface area contributed by atoms with Crippen LogP contribution in [-0.2, 0) is 11.3 Å². The van der Waals surface area contributed by atoms with Crippen molar-refractivity contribution >= 4 is 17.6 Å². The molecule has 0 aliphatic carbocycles. The number of alkyl halides is 1. The molecule has 1 rings (SSSR count). The molecule has 0 saturated carbocycles. The van der Waals surface area contributed by atoms with Crippen molar-refractivity contribution in [3.63, 3.8) is 0 Å². The molecule has 0 aliphatic heterocycles. The highest BCUT2D eigenvalue weighted by Crippen LogP contribution is 2.03. The van der Waals surface area contributed by atoms with Crippen LogP contribution in [0.25, 0.3) is 0 Å². The average molecular weight is 189 g/mol. The van der Waals surface area contributed by atoms with E-state index in [-0.39, 0.29) is 6.54 Å². The molecule has 0 saturated heterocycles. The van der Waals surface area contributed by atoms with E-state index in [0.717, 1.165) is 5.69 Å². The van der Waals surface area contributed by atoms with Gasteiger partial charge in [-0.3, -0.25) is 9.48 Å². The molecule has 0 bridgehead atoms. The van der Waals surface area contributed by atoms with Gasteiger partial charge in [-0.1, -0.05) is 0 Å². The second-order valence-corrected chi connectivity index (χ2v) is 2.99. The van der Waals surface area contributed by atoms with Gasteiger partial charge >= 0.3 is 5.97 Å². The van der Waals surface area contributed by atoms with Gasteiger partial charge < -0.3 is 5.11 Å². The van der Waals surface area contributed by atoms with Crippen molar-refractivity contribution in [3.8, 4) is 0 Å². The van der Waals surface area contributed by atoms with Crippen LogP contribution in [0.15, 0.2) is 12.3 Å². The summed E-state index contributed by atoms with van der Waals surface area (Å²) in [5, 5.41) is 11.5. The monoisotopic (exact) mass is 188 g/mol. The first-order valence-corrected chi connectivity index (χ1v) is 3.90. The van der Waals surface area contributed by atoms with Crippen molar-refractivity contribution in [1.82, 2.24) is 9.78 Å². The number of carbonyl (C=O) groups is 1. The summed E-state index contributed by atoms with van der Waals surface area (Å²) in [5.74, 6) is -1.02. The highest BCUT2D eigenvalue weighted by atomic mass is 35.5. The molecule has 1 aromatic heterocycles. The summed E-state index contributed by atoms with van der Waals surface area (Å²) in [6, 6.07) is 1.80. The molecular weight excluding hydrogens is 180 g/mol. The minimum Gasteiger partial charge on any atom is -0.480 e. The Balaban J connectivity index is 2.64. The van der Waals surface area contributed by atoms with Crippen LogP contribution >= 0.6 is 11.6 Å². The normalized spacial score (nSPS) is 12.8. The molecule has 0 amide bonds. The molecule has 0 spiro atoms. The first kappa shape index (κ1) is 9.06. The molecule has 0 aromatic carbocycles. The summed E-state index contributed by atoms with van der Waals surface area (Å²) in [7, 11) is 0. The van der Waals surface area contributed by atoms with E-state index in [9.17, 15) is 4.79 Å². The third kappa shape index (κ3) is 1.98. The Labute approximate surface area is 74.8 Å². The Morgan fingerprint density at radius 1 is 1.92 bits per heavy atom. The second kappa shape index (κ2) is 3.58. The van der Waals surface area contributed by atoms with Gasteiger partial charge in [0.15, 0.2) is 5.38 Å². The third-order valence-electron chi connectivity index (χ3n) is 1.53. The molecule has 66 valence electrons. The standard InChI is InChI=1S/C7H9ClN2O2/c1-5-2-3-9-10(5)4-6(8)7(11)12/h2-3,6H,4H2,1H3,(H,11,12). The smallest absolute Gasteiger partial charge is 0.323 e. The molecule has 0 fully saturated rings. The molecule has 0 radical (unpaired) electrons. The van der Waals surface area contributed by atoms with Gasteiger partial charge in [0, 0.05) is 11.9 Å². The number of aliphatic carboxylic acids is 1. The van der Waals surface area contributed by atoms with E-state index in [1.807, 2.05) is 6.92 Å². The molecule has 1 atom stereocenters. The van der Waals surface area contributed by atoms with Crippen LogP contribution in [0.4, 0.5) is 0 Å². The zero-order valence-electron chi connectivity index (χ0n) is 6.57. The number of aromatic nitrogens is 2. The predicted molar refractivity (Wildman–Crippen MR) is 44.2 cm³/mol. The molecule has 1 heterocycles. The van der Waals surface area contributed by atoms with E-state index in [1.54, 1.807) is 16.9 Å². The van der Waals surface area contributed by atoms with Gasteiger partial charge in [0.25, 0.3) is 0 Å². The van der Waals surface area contributed by atoms with E-state index >= 15 is 0 Å². The van der Waals surface area contributed by atoms with Gasteiger partial charge in [-0.15, -0.1) is 11.6 Å². The minimum absolute atomic E-state index is 0.204. The van der Waals surface area contributed by atoms with Gasteiger partial charge in [-0.25, -0.2) is 0 Å². The lowest BCUT2D eigenvalue weighted by molar-refractivity contribution is -0.136. The Morgan fingerprint density at radius 3 is 3.00 bits per heavy atom. The maximum Gasteiger partial charge on any atom is 0.323 e. The number of rotatable bonds is 3. The van der Waals surface area contributed by atoms with Crippen molar-refractivity contribution < 1.29 is 9.90 Å². The zero-order chi connectivity index (χ0) is 9.14. The Morgan fingerprint density at radius 2 is 2.58 bits per heavy atom. The van der Waals surface area contributed by atoms with Gasteiger partial charge in [0.1, 0.15) is 0 Å². The van der Waals surface area contributed by atoms with Crippen LogP contribution in [0.5, 0.6) is 0 Å². The number of nitrogens with zero attached hydrogens (tertiary/aromatic N) is 2. The van der Waals surface area contributed by atoms with E-state index in [2.05, 4.69) is 5.10 Å². The van der Waals surface area contributed by atoms with Crippen molar-refractivity contribution in [2.75, 3.05) is 0 Å². The Kier molecular flexibility index (Phi) is 2.70. The SMILES string of the molecule is Cc1ccnn1CC(Cl)C(=O)O. The number of hydrogen-bond donors (Lipinski definition) is 1. The van der Waals surface area contributed by atoms with Gasteiger partial charge in [0.2, 0.25) is 0 Å². The lowest BCUT2D eigenvalue weighted by atomic mass is 10.4. The van der Waals surface area contributed by atoms with Crippen molar-refractivity contribution in [1.29, 1.82) is 0 Å². The molecule has 1 unspecified atom stereocenters. The summed E-state index contributed by atoms with van der Waals surface area (Å²) in [6.07, 6.45) is 1.61. The lowest BCUT2D eigenvalue weighted by Gasteiger charge is -2.05. The number of hydrogen-bond acceptors (Lipinski definition) is 2. The zero-order valence-corrected chi connectivity index (χ0v) is 7.32. The van der Waals surface area contributed by atoms with Crippen molar-refractivity contribution in [2.24, 2.45) is 0 Å². The maximum atomic E-state index is 10.4. The minimum atomic E-state index is -1.02. The fourth-order valence-electron chi connectivity index (χ4n) is 0.820. The third-order valence-corrected chi connectivity index (χ3v) is 1.85. The van der Waals surface area contributed by atoms with E-state index in [0.29, 0.717) is 0 Å². The van der Waals surface area contributed by atoms with Crippen LogP contribution in [0.3, 0.4) is 0 Å². The number of carboxylic acid groups (broad SMARTS) is 1. The summed E-state index contributed by atoms with van der Waals surface area (Å²) >= 11 is 5.52. The van der Waals surface area contributed by atoms with Gasteiger partial charge in [-0.05, 0) is 13.0 Å². The molecule has 1 aromatic rings.